The van der Waals surface area contributed by atoms with E-state index >= 15 is 0 Å². The molecule has 1 atom stereocenters. The number of rotatable bonds is 2. The quantitative estimate of drug-likeness (QED) is 0.669. The lowest BCUT2D eigenvalue weighted by molar-refractivity contribution is 0.0601. The summed E-state index contributed by atoms with van der Waals surface area (Å²) in [5.41, 5.74) is 7.50. The van der Waals surface area contributed by atoms with Gasteiger partial charge >= 0.3 is 5.97 Å². The van der Waals surface area contributed by atoms with E-state index in [2.05, 4.69) is 9.80 Å². The highest BCUT2D eigenvalue weighted by Crippen LogP contribution is 2.35. The smallest absolute Gasteiger partial charge is 0.340 e. The van der Waals surface area contributed by atoms with E-state index < -0.39 is 5.97 Å². The summed E-state index contributed by atoms with van der Waals surface area (Å²) < 4.78 is 4.87. The fraction of sp³-hybridized carbons (Fsp3) is 0.533. The molecule has 0 spiro atoms. The Morgan fingerprint density at radius 1 is 1.38 bits per heavy atom. The zero-order chi connectivity index (χ0) is 15.0. The van der Waals surface area contributed by atoms with E-state index in [9.17, 15) is 4.79 Å². The van der Waals surface area contributed by atoms with Crippen LogP contribution in [0.15, 0.2) is 12.1 Å². The number of halogens is 1. The minimum atomic E-state index is -0.395. The topological polar surface area (TPSA) is 58.8 Å². The minimum absolute atomic E-state index is 0.395. The number of carbonyl (C=O) groups excluding carboxylic acids is 1. The Morgan fingerprint density at radius 3 is 2.95 bits per heavy atom. The molecule has 5 nitrogen and oxygen atoms in total. The van der Waals surface area contributed by atoms with Gasteiger partial charge < -0.3 is 15.4 Å². The Labute approximate surface area is 129 Å². The van der Waals surface area contributed by atoms with Crippen LogP contribution in [0.5, 0.6) is 0 Å². The number of esters is 1. The summed E-state index contributed by atoms with van der Waals surface area (Å²) in [5.74, 6) is -0.395. The monoisotopic (exact) mass is 309 g/mol. The average Bonchev–Trinajstić information content (AvgIpc) is 2.92. The van der Waals surface area contributed by atoms with Gasteiger partial charge in [0.2, 0.25) is 0 Å². The number of hydrogen-bond acceptors (Lipinski definition) is 5. The molecule has 2 N–H and O–H groups in total. The number of ether oxygens (including phenoxy) is 1. The third-order valence-electron chi connectivity index (χ3n) is 4.39. The molecule has 2 fully saturated rings. The van der Waals surface area contributed by atoms with Gasteiger partial charge in [0, 0.05) is 31.4 Å². The lowest BCUT2D eigenvalue weighted by Crippen LogP contribution is -2.50. The molecule has 2 saturated heterocycles. The number of methoxy groups -OCH3 is 1. The highest BCUT2D eigenvalue weighted by molar-refractivity contribution is 6.34. The second-order valence-electron chi connectivity index (χ2n) is 5.67. The minimum Gasteiger partial charge on any atom is -0.465 e. The Kier molecular flexibility index (Phi) is 3.95. The predicted molar refractivity (Wildman–Crippen MR) is 84.0 cm³/mol. The number of nitrogen functional groups attached to an aromatic ring is 1. The summed E-state index contributed by atoms with van der Waals surface area (Å²) in [6.45, 7) is 3.95. The molecule has 2 aliphatic heterocycles. The Hall–Kier alpha value is -1.46. The molecule has 1 unspecified atom stereocenters. The normalized spacial score (nSPS) is 22.2. The van der Waals surface area contributed by atoms with E-state index in [0.717, 1.165) is 25.3 Å². The second kappa shape index (κ2) is 5.73. The summed E-state index contributed by atoms with van der Waals surface area (Å²) in [6, 6.07) is 3.90. The number of piperazine rings is 1. The standard InChI is InChI=1S/C15H20ClN3O2/c1-21-15(20)12-7-10(17)8-13(16)14(12)19-6-5-18-4-2-3-11(18)9-19/h7-8,11H,2-6,9,17H2,1H3. The van der Waals surface area contributed by atoms with Gasteiger partial charge in [0.1, 0.15) is 0 Å². The van der Waals surface area contributed by atoms with Crippen molar-refractivity contribution in [3.8, 4) is 0 Å². The lowest BCUT2D eigenvalue weighted by Gasteiger charge is -2.39. The fourth-order valence-corrected chi connectivity index (χ4v) is 3.75. The first-order valence-corrected chi connectivity index (χ1v) is 7.64. The largest absolute Gasteiger partial charge is 0.465 e. The van der Waals surface area contributed by atoms with E-state index in [4.69, 9.17) is 22.1 Å². The number of benzene rings is 1. The molecule has 0 aliphatic carbocycles. The second-order valence-corrected chi connectivity index (χ2v) is 6.08. The van der Waals surface area contributed by atoms with Crippen molar-refractivity contribution in [1.82, 2.24) is 4.90 Å². The van der Waals surface area contributed by atoms with Crippen molar-refractivity contribution in [3.05, 3.63) is 22.7 Å². The maximum atomic E-state index is 12.0. The number of carbonyl (C=O) groups is 1. The molecule has 114 valence electrons. The first-order chi connectivity index (χ1) is 10.1. The molecule has 21 heavy (non-hydrogen) atoms. The highest BCUT2D eigenvalue weighted by atomic mass is 35.5. The summed E-state index contributed by atoms with van der Waals surface area (Å²) in [7, 11) is 1.37. The summed E-state index contributed by atoms with van der Waals surface area (Å²) >= 11 is 6.37. The third kappa shape index (κ3) is 2.68. The van der Waals surface area contributed by atoms with Crippen molar-refractivity contribution in [2.75, 3.05) is 43.9 Å². The maximum absolute atomic E-state index is 12.0. The predicted octanol–water partition coefficient (Wildman–Crippen LogP) is 1.99. The summed E-state index contributed by atoms with van der Waals surface area (Å²) in [5, 5.41) is 0.516. The van der Waals surface area contributed by atoms with Gasteiger partial charge in [0.05, 0.1) is 23.4 Å². The first kappa shape index (κ1) is 14.5. The fourth-order valence-electron chi connectivity index (χ4n) is 3.40. The van der Waals surface area contributed by atoms with E-state index in [1.54, 1.807) is 12.1 Å². The molecule has 0 saturated carbocycles. The molecule has 2 aliphatic rings. The zero-order valence-corrected chi connectivity index (χ0v) is 12.9. The van der Waals surface area contributed by atoms with Gasteiger partial charge in [-0.25, -0.2) is 4.79 Å². The van der Waals surface area contributed by atoms with Crippen LogP contribution in [0.3, 0.4) is 0 Å². The molecule has 0 aromatic heterocycles. The molecule has 1 aromatic carbocycles. The molecule has 3 rings (SSSR count). The van der Waals surface area contributed by atoms with E-state index in [1.807, 2.05) is 0 Å². The highest BCUT2D eigenvalue weighted by Gasteiger charge is 2.33. The molecule has 0 bridgehead atoms. The number of nitrogens with zero attached hydrogens (tertiary/aromatic N) is 2. The Bertz CT molecular complexity index is 564. The van der Waals surface area contributed by atoms with E-state index in [1.165, 1.54) is 26.5 Å². The van der Waals surface area contributed by atoms with Crippen LogP contribution in [0.2, 0.25) is 5.02 Å². The molecule has 0 radical (unpaired) electrons. The van der Waals surface area contributed by atoms with Crippen LogP contribution in [-0.4, -0.2) is 50.2 Å². The van der Waals surface area contributed by atoms with Crippen LogP contribution < -0.4 is 10.6 Å². The van der Waals surface area contributed by atoms with E-state index in [0.29, 0.717) is 22.3 Å². The van der Waals surface area contributed by atoms with Crippen LogP contribution in [0.25, 0.3) is 0 Å². The number of fused-ring (bicyclic) bond motifs is 1. The molecular weight excluding hydrogens is 290 g/mol. The van der Waals surface area contributed by atoms with Crippen molar-refractivity contribution in [1.29, 1.82) is 0 Å². The van der Waals surface area contributed by atoms with Crippen molar-refractivity contribution in [3.63, 3.8) is 0 Å². The van der Waals surface area contributed by atoms with Crippen LogP contribution in [-0.2, 0) is 4.74 Å². The third-order valence-corrected chi connectivity index (χ3v) is 4.68. The summed E-state index contributed by atoms with van der Waals surface area (Å²) in [6.07, 6.45) is 2.45. The Balaban J connectivity index is 1.95. The zero-order valence-electron chi connectivity index (χ0n) is 12.1. The van der Waals surface area contributed by atoms with Crippen molar-refractivity contribution >= 4 is 28.9 Å². The van der Waals surface area contributed by atoms with Crippen molar-refractivity contribution in [2.45, 2.75) is 18.9 Å². The van der Waals surface area contributed by atoms with Gasteiger partial charge in [-0.3, -0.25) is 4.90 Å². The SMILES string of the molecule is COC(=O)c1cc(N)cc(Cl)c1N1CCN2CCCC2C1. The van der Waals surface area contributed by atoms with Gasteiger partial charge in [0.25, 0.3) is 0 Å². The van der Waals surface area contributed by atoms with Gasteiger partial charge in [0.15, 0.2) is 0 Å². The molecular formula is C15H20ClN3O2. The maximum Gasteiger partial charge on any atom is 0.340 e. The van der Waals surface area contributed by atoms with E-state index in [-0.39, 0.29) is 0 Å². The Morgan fingerprint density at radius 2 is 2.19 bits per heavy atom. The van der Waals surface area contributed by atoms with Crippen LogP contribution in [0, 0.1) is 0 Å². The van der Waals surface area contributed by atoms with Crippen molar-refractivity contribution in [2.24, 2.45) is 0 Å². The van der Waals surface area contributed by atoms with Gasteiger partial charge in [-0.05, 0) is 31.5 Å². The van der Waals surface area contributed by atoms with Crippen LogP contribution in [0.1, 0.15) is 23.2 Å². The molecule has 1 aromatic rings. The lowest BCUT2D eigenvalue weighted by atomic mass is 10.1. The number of anilines is 2. The average molecular weight is 310 g/mol. The summed E-state index contributed by atoms with van der Waals surface area (Å²) in [4.78, 5) is 16.7. The molecule has 6 heteroatoms. The first-order valence-electron chi connectivity index (χ1n) is 7.26. The van der Waals surface area contributed by atoms with Crippen molar-refractivity contribution < 1.29 is 9.53 Å². The van der Waals surface area contributed by atoms with Gasteiger partial charge in [-0.2, -0.15) is 0 Å². The van der Waals surface area contributed by atoms with Gasteiger partial charge in [-0.15, -0.1) is 0 Å². The number of nitrogens with two attached hydrogens (primary N) is 1. The van der Waals surface area contributed by atoms with Gasteiger partial charge in [-0.1, -0.05) is 11.6 Å². The molecule has 2 heterocycles. The number of hydrogen-bond donors (Lipinski definition) is 1. The van der Waals surface area contributed by atoms with Crippen LogP contribution >= 0.6 is 11.6 Å². The molecule has 0 amide bonds. The van der Waals surface area contributed by atoms with Crippen LogP contribution in [0.4, 0.5) is 11.4 Å².